The second-order valence-corrected chi connectivity index (χ2v) is 5.88. The van der Waals surface area contributed by atoms with Gasteiger partial charge in [-0.25, -0.2) is 4.98 Å². The Morgan fingerprint density at radius 1 is 0.833 bits per heavy atom. The third-order valence-corrected chi connectivity index (χ3v) is 4.06. The highest BCUT2D eigenvalue weighted by Crippen LogP contribution is 2.30. The number of fused-ring (bicyclic) bond motifs is 2. The van der Waals surface area contributed by atoms with E-state index in [0.717, 1.165) is 33.1 Å². The van der Waals surface area contributed by atoms with Crippen molar-refractivity contribution in [2.24, 2.45) is 5.10 Å². The maximum absolute atomic E-state index is 6.01. The van der Waals surface area contributed by atoms with Gasteiger partial charge in [-0.1, -0.05) is 60.1 Å². The summed E-state index contributed by atoms with van der Waals surface area (Å²) < 4.78 is 0. The Labute approximate surface area is 144 Å². The van der Waals surface area contributed by atoms with E-state index in [1.165, 1.54) is 0 Å². The van der Waals surface area contributed by atoms with Gasteiger partial charge in [-0.3, -0.25) is 5.43 Å². The van der Waals surface area contributed by atoms with E-state index in [2.05, 4.69) is 10.5 Å². The van der Waals surface area contributed by atoms with Crippen molar-refractivity contribution in [2.75, 3.05) is 5.43 Å². The molecule has 0 spiro atoms. The van der Waals surface area contributed by atoms with Crippen LogP contribution in [0.1, 0.15) is 5.56 Å². The van der Waals surface area contributed by atoms with E-state index < -0.39 is 0 Å². The van der Waals surface area contributed by atoms with Crippen molar-refractivity contribution in [1.29, 1.82) is 0 Å². The molecule has 4 heteroatoms. The molecule has 0 unspecified atom stereocenters. The van der Waals surface area contributed by atoms with E-state index in [4.69, 9.17) is 16.6 Å². The minimum atomic E-state index is 0.693. The predicted molar refractivity (Wildman–Crippen MR) is 102 cm³/mol. The Hall–Kier alpha value is -2.91. The fraction of sp³-hybridized carbons (Fsp3) is 0. The van der Waals surface area contributed by atoms with Crippen LogP contribution in [0.2, 0.25) is 5.02 Å². The molecular formula is C20H14ClN3. The summed E-state index contributed by atoms with van der Waals surface area (Å²) in [6, 6.07) is 23.7. The molecule has 3 aromatic carbocycles. The Bertz CT molecular complexity index is 1000. The number of hydrogen-bond acceptors (Lipinski definition) is 3. The molecule has 0 bridgehead atoms. The lowest BCUT2D eigenvalue weighted by molar-refractivity contribution is 1.36. The van der Waals surface area contributed by atoms with Gasteiger partial charge >= 0.3 is 0 Å². The number of hydrogen-bond donors (Lipinski definition) is 1. The van der Waals surface area contributed by atoms with Crippen molar-refractivity contribution in [3.63, 3.8) is 0 Å². The van der Waals surface area contributed by atoms with E-state index in [9.17, 15) is 0 Å². The normalized spacial score (nSPS) is 11.4. The van der Waals surface area contributed by atoms with Crippen LogP contribution in [0.15, 0.2) is 77.9 Å². The molecule has 4 rings (SSSR count). The van der Waals surface area contributed by atoms with E-state index in [-0.39, 0.29) is 0 Å². The standard InChI is InChI=1S/C20H14ClN3/c21-15-7-5-6-14(12-15)13-22-24-20-16-8-1-3-10-18(16)23-19-11-4-2-9-17(19)20/h1-13H,(H,23,24)/b22-13+. The maximum atomic E-state index is 6.01. The smallest absolute Gasteiger partial charge is 0.0749 e. The van der Waals surface area contributed by atoms with Crippen LogP contribution in [0, 0.1) is 0 Å². The Kier molecular flexibility index (Phi) is 3.85. The minimum Gasteiger partial charge on any atom is -0.277 e. The fourth-order valence-corrected chi connectivity index (χ4v) is 2.92. The van der Waals surface area contributed by atoms with Crippen LogP contribution < -0.4 is 5.43 Å². The van der Waals surface area contributed by atoms with Crippen LogP contribution in [0.3, 0.4) is 0 Å². The zero-order valence-electron chi connectivity index (χ0n) is 12.8. The van der Waals surface area contributed by atoms with Gasteiger partial charge in [0.1, 0.15) is 0 Å². The highest BCUT2D eigenvalue weighted by atomic mass is 35.5. The maximum Gasteiger partial charge on any atom is 0.0749 e. The molecule has 1 aromatic heterocycles. The van der Waals surface area contributed by atoms with E-state index >= 15 is 0 Å². The lowest BCUT2D eigenvalue weighted by Crippen LogP contribution is -1.95. The molecule has 0 amide bonds. The van der Waals surface area contributed by atoms with E-state index in [1.807, 2.05) is 72.8 Å². The summed E-state index contributed by atoms with van der Waals surface area (Å²) in [5.41, 5.74) is 6.96. The third-order valence-electron chi connectivity index (χ3n) is 3.83. The summed E-state index contributed by atoms with van der Waals surface area (Å²) in [6.07, 6.45) is 1.76. The van der Waals surface area contributed by atoms with Crippen molar-refractivity contribution in [3.05, 3.63) is 83.4 Å². The molecule has 0 saturated carbocycles. The Balaban J connectivity index is 1.79. The average Bonchev–Trinajstić information content (AvgIpc) is 2.61. The molecule has 4 aromatic rings. The number of rotatable bonds is 3. The van der Waals surface area contributed by atoms with E-state index in [1.54, 1.807) is 6.21 Å². The minimum absolute atomic E-state index is 0.693. The Morgan fingerprint density at radius 2 is 1.50 bits per heavy atom. The number of pyridine rings is 1. The molecule has 0 atom stereocenters. The van der Waals surface area contributed by atoms with E-state index in [0.29, 0.717) is 5.02 Å². The first-order valence-electron chi connectivity index (χ1n) is 7.63. The van der Waals surface area contributed by atoms with Gasteiger partial charge in [-0.2, -0.15) is 5.10 Å². The number of halogens is 1. The van der Waals surface area contributed by atoms with Crippen LogP contribution in [0.25, 0.3) is 21.8 Å². The molecule has 3 nitrogen and oxygen atoms in total. The zero-order chi connectivity index (χ0) is 16.4. The van der Waals surface area contributed by atoms with Crippen molar-refractivity contribution in [2.45, 2.75) is 0 Å². The van der Waals surface area contributed by atoms with Gasteiger partial charge in [-0.15, -0.1) is 0 Å². The number of nitrogens with one attached hydrogen (secondary N) is 1. The molecule has 0 aliphatic heterocycles. The topological polar surface area (TPSA) is 37.3 Å². The van der Waals surface area contributed by atoms with Crippen molar-refractivity contribution in [3.8, 4) is 0 Å². The molecular weight excluding hydrogens is 318 g/mol. The predicted octanol–water partition coefficient (Wildman–Crippen LogP) is 5.49. The first-order valence-corrected chi connectivity index (χ1v) is 8.01. The number of hydrazone groups is 1. The Morgan fingerprint density at radius 3 is 2.17 bits per heavy atom. The molecule has 24 heavy (non-hydrogen) atoms. The second kappa shape index (κ2) is 6.30. The monoisotopic (exact) mass is 331 g/mol. The summed E-state index contributed by atoms with van der Waals surface area (Å²) in [4.78, 5) is 4.71. The lowest BCUT2D eigenvalue weighted by atomic mass is 10.1. The summed E-state index contributed by atoms with van der Waals surface area (Å²) in [5.74, 6) is 0. The third kappa shape index (κ3) is 2.82. The number of nitrogens with zero attached hydrogens (tertiary/aromatic N) is 2. The van der Waals surface area contributed by atoms with Gasteiger partial charge in [0.25, 0.3) is 0 Å². The highest BCUT2D eigenvalue weighted by Gasteiger charge is 2.07. The average molecular weight is 332 g/mol. The van der Waals surface area contributed by atoms with Crippen molar-refractivity contribution >= 4 is 45.3 Å². The molecule has 0 aliphatic carbocycles. The lowest BCUT2D eigenvalue weighted by Gasteiger charge is -2.09. The zero-order valence-corrected chi connectivity index (χ0v) is 13.5. The molecule has 1 heterocycles. The molecule has 1 N–H and O–H groups in total. The summed E-state index contributed by atoms with van der Waals surface area (Å²) in [5, 5.41) is 7.17. The molecule has 0 fully saturated rings. The number of para-hydroxylation sites is 2. The fourth-order valence-electron chi connectivity index (χ4n) is 2.72. The van der Waals surface area contributed by atoms with Gasteiger partial charge in [-0.05, 0) is 29.8 Å². The van der Waals surface area contributed by atoms with Crippen LogP contribution in [-0.2, 0) is 0 Å². The molecule has 0 saturated heterocycles. The highest BCUT2D eigenvalue weighted by molar-refractivity contribution is 6.30. The first kappa shape index (κ1) is 14.7. The van der Waals surface area contributed by atoms with Crippen LogP contribution in [-0.4, -0.2) is 11.2 Å². The number of anilines is 1. The summed E-state index contributed by atoms with van der Waals surface area (Å²) in [6.45, 7) is 0. The van der Waals surface area contributed by atoms with Gasteiger partial charge in [0.05, 0.1) is 22.9 Å². The van der Waals surface area contributed by atoms with Crippen LogP contribution >= 0.6 is 11.6 Å². The van der Waals surface area contributed by atoms with Crippen molar-refractivity contribution in [1.82, 2.24) is 4.98 Å². The van der Waals surface area contributed by atoms with Crippen molar-refractivity contribution < 1.29 is 0 Å². The van der Waals surface area contributed by atoms with Gasteiger partial charge in [0.2, 0.25) is 0 Å². The largest absolute Gasteiger partial charge is 0.277 e. The van der Waals surface area contributed by atoms with Crippen LogP contribution in [0.5, 0.6) is 0 Å². The van der Waals surface area contributed by atoms with Gasteiger partial charge in [0, 0.05) is 15.8 Å². The number of aromatic nitrogens is 1. The first-order chi connectivity index (χ1) is 11.8. The quantitative estimate of drug-likeness (QED) is 0.306. The molecule has 116 valence electrons. The molecule has 0 aliphatic rings. The number of benzene rings is 3. The van der Waals surface area contributed by atoms with Gasteiger partial charge < -0.3 is 0 Å². The SMILES string of the molecule is Clc1cccc(/C=N/Nc2c3ccccc3nc3ccccc23)c1. The second-order valence-electron chi connectivity index (χ2n) is 5.45. The summed E-state index contributed by atoms with van der Waals surface area (Å²) in [7, 11) is 0. The van der Waals surface area contributed by atoms with Crippen LogP contribution in [0.4, 0.5) is 5.69 Å². The molecule has 0 radical (unpaired) electrons. The summed E-state index contributed by atoms with van der Waals surface area (Å²) >= 11 is 6.01. The van der Waals surface area contributed by atoms with Gasteiger partial charge in [0.15, 0.2) is 0 Å².